The van der Waals surface area contributed by atoms with E-state index in [9.17, 15) is 4.79 Å². The minimum Gasteiger partial charge on any atom is -0.395 e. The first-order valence-electron chi connectivity index (χ1n) is 8.28. The summed E-state index contributed by atoms with van der Waals surface area (Å²) in [4.78, 5) is 21.3. The third-order valence-electron chi connectivity index (χ3n) is 4.68. The van der Waals surface area contributed by atoms with Gasteiger partial charge in [-0.25, -0.2) is 4.98 Å². The number of hydrogen-bond donors (Lipinski definition) is 1. The highest BCUT2D eigenvalue weighted by atomic mass is 16.3. The number of carbonyl (C=O) groups is 1. The van der Waals surface area contributed by atoms with Gasteiger partial charge in [0.1, 0.15) is 5.82 Å². The van der Waals surface area contributed by atoms with Gasteiger partial charge in [-0.2, -0.15) is 0 Å². The monoisotopic (exact) mass is 303 g/mol. The van der Waals surface area contributed by atoms with Crippen LogP contribution in [0.15, 0.2) is 18.3 Å². The molecule has 1 N–H and O–H groups in total. The topological polar surface area (TPSA) is 56.7 Å². The molecule has 0 aromatic carbocycles. The number of piperidine rings is 1. The van der Waals surface area contributed by atoms with Crippen LogP contribution in [0.1, 0.15) is 31.2 Å². The van der Waals surface area contributed by atoms with Gasteiger partial charge in [-0.05, 0) is 44.2 Å². The van der Waals surface area contributed by atoms with E-state index in [1.807, 2.05) is 18.0 Å². The number of hydrogen-bond acceptors (Lipinski definition) is 4. The molecule has 120 valence electrons. The van der Waals surface area contributed by atoms with Crippen molar-refractivity contribution < 1.29 is 9.90 Å². The molecule has 0 bridgehead atoms. The summed E-state index contributed by atoms with van der Waals surface area (Å²) >= 11 is 0. The van der Waals surface area contributed by atoms with Gasteiger partial charge in [0.05, 0.1) is 6.61 Å². The SMILES string of the molecule is Cc1ccc(N2CCC(C(=O)N(CCO)C3CC3)CC2)nc1. The molecule has 5 nitrogen and oxygen atoms in total. The Kier molecular flexibility index (Phi) is 4.62. The number of amides is 1. The minimum atomic E-state index is 0.0639. The molecule has 1 saturated carbocycles. The predicted octanol–water partition coefficient (Wildman–Crippen LogP) is 1.59. The summed E-state index contributed by atoms with van der Waals surface area (Å²) in [6.07, 6.45) is 5.84. The number of carbonyl (C=O) groups excluding carboxylic acids is 1. The van der Waals surface area contributed by atoms with Crippen molar-refractivity contribution in [2.24, 2.45) is 5.92 Å². The zero-order chi connectivity index (χ0) is 15.5. The van der Waals surface area contributed by atoms with Crippen LogP contribution in [0.25, 0.3) is 0 Å². The zero-order valence-corrected chi connectivity index (χ0v) is 13.2. The van der Waals surface area contributed by atoms with Gasteiger partial charge in [0.25, 0.3) is 0 Å². The second-order valence-electron chi connectivity index (χ2n) is 6.44. The van der Waals surface area contributed by atoms with Gasteiger partial charge in [0.15, 0.2) is 0 Å². The van der Waals surface area contributed by atoms with Crippen molar-refractivity contribution in [3.05, 3.63) is 23.9 Å². The Bertz CT molecular complexity index is 505. The molecule has 3 rings (SSSR count). The first kappa shape index (κ1) is 15.3. The number of aliphatic hydroxyl groups excluding tert-OH is 1. The molecule has 1 aliphatic heterocycles. The second-order valence-corrected chi connectivity index (χ2v) is 6.44. The van der Waals surface area contributed by atoms with Crippen LogP contribution in [0.4, 0.5) is 5.82 Å². The lowest BCUT2D eigenvalue weighted by molar-refractivity contribution is -0.137. The molecule has 2 heterocycles. The van der Waals surface area contributed by atoms with Crippen LogP contribution in [0.2, 0.25) is 0 Å². The molecule has 0 radical (unpaired) electrons. The van der Waals surface area contributed by atoms with Crippen LogP contribution >= 0.6 is 0 Å². The molecule has 0 atom stereocenters. The normalized spacial score (nSPS) is 19.3. The summed E-state index contributed by atoms with van der Waals surface area (Å²) in [5, 5.41) is 9.16. The van der Waals surface area contributed by atoms with Crippen molar-refractivity contribution in [1.82, 2.24) is 9.88 Å². The van der Waals surface area contributed by atoms with Gasteiger partial charge in [-0.15, -0.1) is 0 Å². The molecule has 1 amide bonds. The maximum absolute atomic E-state index is 12.6. The Balaban J connectivity index is 1.56. The maximum Gasteiger partial charge on any atom is 0.226 e. The number of aromatic nitrogens is 1. The predicted molar refractivity (Wildman–Crippen MR) is 85.7 cm³/mol. The summed E-state index contributed by atoms with van der Waals surface area (Å²) in [6.45, 7) is 4.35. The lowest BCUT2D eigenvalue weighted by Gasteiger charge is -2.34. The van der Waals surface area contributed by atoms with Crippen LogP contribution < -0.4 is 4.90 Å². The Hall–Kier alpha value is -1.62. The van der Waals surface area contributed by atoms with Crippen LogP contribution in [0.3, 0.4) is 0 Å². The van der Waals surface area contributed by atoms with Crippen LogP contribution in [-0.2, 0) is 4.79 Å². The van der Waals surface area contributed by atoms with E-state index in [1.165, 1.54) is 0 Å². The van der Waals surface area contributed by atoms with Gasteiger partial charge in [0.2, 0.25) is 5.91 Å². The van der Waals surface area contributed by atoms with Crippen molar-refractivity contribution >= 4 is 11.7 Å². The second kappa shape index (κ2) is 6.65. The lowest BCUT2D eigenvalue weighted by Crippen LogP contribution is -2.44. The largest absolute Gasteiger partial charge is 0.395 e. The van der Waals surface area contributed by atoms with E-state index in [2.05, 4.69) is 22.0 Å². The Labute approximate surface area is 131 Å². The van der Waals surface area contributed by atoms with Gasteiger partial charge in [-0.3, -0.25) is 4.79 Å². The van der Waals surface area contributed by atoms with Gasteiger partial charge < -0.3 is 14.9 Å². The molecule has 1 aromatic rings. The first-order chi connectivity index (χ1) is 10.7. The zero-order valence-electron chi connectivity index (χ0n) is 13.2. The number of rotatable bonds is 5. The van der Waals surface area contributed by atoms with E-state index in [0.717, 1.165) is 50.2 Å². The molecular weight excluding hydrogens is 278 g/mol. The highest BCUT2D eigenvalue weighted by molar-refractivity contribution is 5.79. The van der Waals surface area contributed by atoms with E-state index in [0.29, 0.717) is 12.6 Å². The average Bonchev–Trinajstić information content (AvgIpc) is 3.38. The van der Waals surface area contributed by atoms with E-state index in [1.54, 1.807) is 0 Å². The molecule has 1 aliphatic carbocycles. The molecule has 1 saturated heterocycles. The fraction of sp³-hybridized carbons (Fsp3) is 0.647. The van der Waals surface area contributed by atoms with Crippen molar-refractivity contribution in [3.8, 4) is 0 Å². The van der Waals surface area contributed by atoms with Crippen LogP contribution in [0, 0.1) is 12.8 Å². The summed E-state index contributed by atoms with van der Waals surface area (Å²) in [5.41, 5.74) is 1.16. The third kappa shape index (κ3) is 3.40. The first-order valence-corrected chi connectivity index (χ1v) is 8.28. The molecule has 5 heteroatoms. The van der Waals surface area contributed by atoms with Crippen molar-refractivity contribution in [3.63, 3.8) is 0 Å². The van der Waals surface area contributed by atoms with Crippen LogP contribution in [0.5, 0.6) is 0 Å². The van der Waals surface area contributed by atoms with Crippen molar-refractivity contribution in [2.75, 3.05) is 31.1 Å². The smallest absolute Gasteiger partial charge is 0.226 e. The van der Waals surface area contributed by atoms with E-state index in [-0.39, 0.29) is 18.4 Å². The summed E-state index contributed by atoms with van der Waals surface area (Å²) in [7, 11) is 0. The fourth-order valence-corrected chi connectivity index (χ4v) is 3.20. The number of pyridine rings is 1. The Morgan fingerprint density at radius 1 is 1.32 bits per heavy atom. The molecule has 1 aromatic heterocycles. The molecule has 0 spiro atoms. The van der Waals surface area contributed by atoms with E-state index in [4.69, 9.17) is 5.11 Å². The average molecular weight is 303 g/mol. The third-order valence-corrected chi connectivity index (χ3v) is 4.68. The molecule has 2 aliphatic rings. The van der Waals surface area contributed by atoms with E-state index >= 15 is 0 Å². The van der Waals surface area contributed by atoms with Gasteiger partial charge >= 0.3 is 0 Å². The van der Waals surface area contributed by atoms with Gasteiger partial charge in [-0.1, -0.05) is 6.07 Å². The van der Waals surface area contributed by atoms with Crippen molar-refractivity contribution in [2.45, 2.75) is 38.6 Å². The maximum atomic E-state index is 12.6. The van der Waals surface area contributed by atoms with E-state index < -0.39 is 0 Å². The Morgan fingerprint density at radius 3 is 2.59 bits per heavy atom. The highest BCUT2D eigenvalue weighted by Crippen LogP contribution is 2.30. The number of anilines is 1. The summed E-state index contributed by atoms with van der Waals surface area (Å²) < 4.78 is 0. The quantitative estimate of drug-likeness (QED) is 0.897. The lowest BCUT2D eigenvalue weighted by atomic mass is 9.95. The standard InChI is InChI=1S/C17H25N3O2/c1-13-2-5-16(18-12-13)19-8-6-14(7-9-19)17(22)20(10-11-21)15-3-4-15/h2,5,12,14-15,21H,3-4,6-11H2,1H3. The molecular formula is C17H25N3O2. The molecule has 22 heavy (non-hydrogen) atoms. The Morgan fingerprint density at radius 2 is 2.05 bits per heavy atom. The summed E-state index contributed by atoms with van der Waals surface area (Å²) in [5.74, 6) is 1.35. The van der Waals surface area contributed by atoms with Crippen LogP contribution in [-0.4, -0.2) is 53.2 Å². The van der Waals surface area contributed by atoms with Gasteiger partial charge in [0, 0.05) is 37.8 Å². The number of aliphatic hydroxyl groups is 1. The fourth-order valence-electron chi connectivity index (χ4n) is 3.20. The molecule has 2 fully saturated rings. The minimum absolute atomic E-state index is 0.0639. The number of nitrogens with zero attached hydrogens (tertiary/aromatic N) is 3. The summed E-state index contributed by atoms with van der Waals surface area (Å²) in [6, 6.07) is 4.52. The molecule has 0 unspecified atom stereocenters. The number of aryl methyl sites for hydroxylation is 1. The highest BCUT2D eigenvalue weighted by Gasteiger charge is 2.36. The van der Waals surface area contributed by atoms with Crippen molar-refractivity contribution in [1.29, 1.82) is 0 Å².